The molecule has 0 bridgehead atoms. The first-order valence-electron chi connectivity index (χ1n) is 16.5. The number of halogens is 2. The van der Waals surface area contributed by atoms with Crippen molar-refractivity contribution >= 4 is 35.0 Å². The van der Waals surface area contributed by atoms with Gasteiger partial charge >= 0.3 is 0 Å². The van der Waals surface area contributed by atoms with Crippen molar-refractivity contribution in [3.05, 3.63) is 70.2 Å². The molecule has 2 unspecified atom stereocenters. The molecule has 4 heterocycles. The van der Waals surface area contributed by atoms with Crippen LogP contribution in [0.2, 0.25) is 10.0 Å². The van der Waals surface area contributed by atoms with E-state index in [4.69, 9.17) is 52.6 Å². The maximum absolute atomic E-state index is 11.6. The molecule has 12 nitrogen and oxygen atoms in total. The van der Waals surface area contributed by atoms with E-state index < -0.39 is 0 Å². The molecular formula is C36H40Cl2N8O4. The maximum atomic E-state index is 11.6. The molecule has 14 heteroatoms. The minimum Gasteiger partial charge on any atom is -0.480 e. The fraction of sp³-hybridized carbons (Fsp3) is 0.389. The Morgan fingerprint density at radius 2 is 1.10 bits per heavy atom. The van der Waals surface area contributed by atoms with Crippen LogP contribution in [0.5, 0.6) is 11.8 Å². The van der Waals surface area contributed by atoms with E-state index in [9.17, 15) is 9.59 Å². The van der Waals surface area contributed by atoms with Crippen molar-refractivity contribution in [1.82, 2.24) is 40.4 Å². The average molecular weight is 720 g/mol. The van der Waals surface area contributed by atoms with Crippen LogP contribution in [0.4, 0.5) is 0 Å². The number of carbonyl (C=O) groups excluding carboxylic acids is 2. The van der Waals surface area contributed by atoms with Crippen molar-refractivity contribution in [2.24, 2.45) is 0 Å². The Morgan fingerprint density at radius 1 is 0.700 bits per heavy atom. The number of nitrogens with one attached hydrogen (secondary N) is 2. The Bertz CT molecular complexity index is 1760. The third-order valence-corrected chi connectivity index (χ3v) is 9.74. The van der Waals surface area contributed by atoms with Crippen LogP contribution < -0.4 is 20.1 Å². The second kappa shape index (κ2) is 15.7. The van der Waals surface area contributed by atoms with Gasteiger partial charge < -0.3 is 20.1 Å². The molecular weight excluding hydrogens is 679 g/mol. The Labute approximate surface area is 301 Å². The number of benzene rings is 2. The summed E-state index contributed by atoms with van der Waals surface area (Å²) < 4.78 is 11.3. The van der Waals surface area contributed by atoms with Crippen LogP contribution in [0.15, 0.2) is 48.8 Å². The third-order valence-electron chi connectivity index (χ3n) is 8.92. The fourth-order valence-corrected chi connectivity index (χ4v) is 7.14. The van der Waals surface area contributed by atoms with Gasteiger partial charge in [-0.25, -0.2) is 9.97 Å². The molecule has 262 valence electrons. The lowest BCUT2D eigenvalue weighted by Crippen LogP contribution is -2.36. The maximum Gasteiger partial charge on any atom is 0.237 e. The summed E-state index contributed by atoms with van der Waals surface area (Å²) in [6, 6.07) is 11.6. The van der Waals surface area contributed by atoms with Crippen LogP contribution in [0.3, 0.4) is 0 Å². The van der Waals surface area contributed by atoms with Gasteiger partial charge in [0.2, 0.25) is 23.6 Å². The summed E-state index contributed by atoms with van der Waals surface area (Å²) >= 11 is 14.1. The molecule has 0 spiro atoms. The van der Waals surface area contributed by atoms with Crippen LogP contribution >= 0.6 is 23.2 Å². The normalized spacial score (nSPS) is 17.4. The molecule has 2 N–H and O–H groups in total. The standard InChI is InChI=1S/C36H40Cl2N8O4/c1-45(17-21-11-13-31(47)41-21)19-29-35(49-3)43-27(15-39-29)25-9-5-7-23(33(25)37)24-8-6-10-26(34(24)38)28-16-40-30(36(44-28)50-4)20-46(2)18-22-12-14-32(48)42-22/h5-10,15-16,21-22H,11-14,17-20H2,1-4H3,(H,41,47)(H,42,48). The molecule has 0 aliphatic carbocycles. The van der Waals surface area contributed by atoms with Crippen molar-refractivity contribution < 1.29 is 19.1 Å². The zero-order valence-electron chi connectivity index (χ0n) is 28.5. The van der Waals surface area contributed by atoms with E-state index in [0.29, 0.717) is 94.7 Å². The number of ether oxygens (including phenoxy) is 2. The number of carbonyl (C=O) groups is 2. The van der Waals surface area contributed by atoms with Gasteiger partial charge in [0.25, 0.3) is 0 Å². The monoisotopic (exact) mass is 718 g/mol. The Hall–Kier alpha value is -4.36. The highest BCUT2D eigenvalue weighted by Gasteiger charge is 2.25. The topological polar surface area (TPSA) is 135 Å². The van der Waals surface area contributed by atoms with Gasteiger partial charge in [-0.3, -0.25) is 29.4 Å². The van der Waals surface area contributed by atoms with E-state index >= 15 is 0 Å². The lowest BCUT2D eigenvalue weighted by molar-refractivity contribution is -0.120. The molecule has 2 aromatic heterocycles. The number of rotatable bonds is 13. The third kappa shape index (κ3) is 7.99. The minimum atomic E-state index is 0.0910. The SMILES string of the molecule is COc1nc(-c2cccc(-c3cccc(-c4cnc(CN(C)CC5CCC(=O)N5)c(OC)n4)c3Cl)c2Cl)cnc1CN(C)CC1CCC(=O)N1. The van der Waals surface area contributed by atoms with Gasteiger partial charge in [-0.15, -0.1) is 0 Å². The van der Waals surface area contributed by atoms with E-state index in [1.807, 2.05) is 50.5 Å². The zero-order valence-corrected chi connectivity index (χ0v) is 30.0. The molecule has 2 amide bonds. The highest BCUT2D eigenvalue weighted by atomic mass is 35.5. The molecule has 2 aliphatic heterocycles. The van der Waals surface area contributed by atoms with Crippen molar-refractivity contribution in [1.29, 1.82) is 0 Å². The van der Waals surface area contributed by atoms with Crippen LogP contribution in [0.25, 0.3) is 33.6 Å². The zero-order chi connectivity index (χ0) is 35.4. The van der Waals surface area contributed by atoms with E-state index in [1.54, 1.807) is 26.6 Å². The second-order valence-electron chi connectivity index (χ2n) is 12.8. The van der Waals surface area contributed by atoms with Gasteiger partial charge in [0.15, 0.2) is 0 Å². The summed E-state index contributed by atoms with van der Waals surface area (Å²) in [6.07, 6.45) is 6.15. The summed E-state index contributed by atoms with van der Waals surface area (Å²) in [7, 11) is 7.09. The first kappa shape index (κ1) is 35.5. The average Bonchev–Trinajstić information content (AvgIpc) is 3.71. The molecule has 4 aromatic rings. The summed E-state index contributed by atoms with van der Waals surface area (Å²) in [5, 5.41) is 6.93. The molecule has 0 saturated carbocycles. The first-order chi connectivity index (χ1) is 24.1. The Balaban J connectivity index is 1.22. The smallest absolute Gasteiger partial charge is 0.237 e. The van der Waals surface area contributed by atoms with Crippen LogP contribution in [-0.4, -0.2) is 95.0 Å². The lowest BCUT2D eigenvalue weighted by Gasteiger charge is -2.21. The van der Waals surface area contributed by atoms with Crippen molar-refractivity contribution in [2.75, 3.05) is 41.4 Å². The highest BCUT2D eigenvalue weighted by Crippen LogP contribution is 2.42. The summed E-state index contributed by atoms with van der Waals surface area (Å²) in [5.74, 6) is 0.985. The molecule has 2 fully saturated rings. The number of methoxy groups -OCH3 is 2. The molecule has 2 aromatic carbocycles. The number of likely N-dealkylation sites (N-methyl/N-ethyl adjacent to an activating group) is 2. The Morgan fingerprint density at radius 3 is 1.46 bits per heavy atom. The van der Waals surface area contributed by atoms with Crippen molar-refractivity contribution in [2.45, 2.75) is 50.9 Å². The van der Waals surface area contributed by atoms with Gasteiger partial charge in [0.05, 0.1) is 48.0 Å². The van der Waals surface area contributed by atoms with Gasteiger partial charge in [0, 0.05) is 73.4 Å². The number of hydrogen-bond donors (Lipinski definition) is 2. The quantitative estimate of drug-likeness (QED) is 0.194. The highest BCUT2D eigenvalue weighted by molar-refractivity contribution is 6.39. The number of amides is 2. The minimum absolute atomic E-state index is 0.0910. The van der Waals surface area contributed by atoms with Gasteiger partial charge in [-0.2, -0.15) is 0 Å². The van der Waals surface area contributed by atoms with Gasteiger partial charge in [0.1, 0.15) is 11.4 Å². The lowest BCUT2D eigenvalue weighted by atomic mass is 9.98. The molecule has 6 rings (SSSR count). The summed E-state index contributed by atoms with van der Waals surface area (Å²) in [6.45, 7) is 2.41. The Kier molecular flexibility index (Phi) is 11.1. The first-order valence-corrected chi connectivity index (χ1v) is 17.2. The van der Waals surface area contributed by atoms with Crippen LogP contribution in [0, 0.1) is 0 Å². The van der Waals surface area contributed by atoms with E-state index in [0.717, 1.165) is 24.0 Å². The largest absolute Gasteiger partial charge is 0.480 e. The van der Waals surface area contributed by atoms with Crippen LogP contribution in [0.1, 0.15) is 37.1 Å². The molecule has 0 radical (unpaired) electrons. The fourth-order valence-electron chi connectivity index (χ4n) is 6.49. The van der Waals surface area contributed by atoms with E-state index in [2.05, 4.69) is 20.4 Å². The summed E-state index contributed by atoms with van der Waals surface area (Å²) in [5.41, 5.74) is 5.27. The number of hydrogen-bond acceptors (Lipinski definition) is 10. The van der Waals surface area contributed by atoms with Gasteiger partial charge in [-0.1, -0.05) is 59.6 Å². The van der Waals surface area contributed by atoms with E-state index in [-0.39, 0.29) is 23.9 Å². The molecule has 2 aliphatic rings. The predicted octanol–water partition coefficient (Wildman–Crippen LogP) is 5.01. The molecule has 2 atom stereocenters. The predicted molar refractivity (Wildman–Crippen MR) is 192 cm³/mol. The van der Waals surface area contributed by atoms with Gasteiger partial charge in [-0.05, 0) is 26.9 Å². The number of aromatic nitrogens is 4. The van der Waals surface area contributed by atoms with Crippen molar-refractivity contribution in [3.8, 4) is 45.4 Å². The van der Waals surface area contributed by atoms with Crippen molar-refractivity contribution in [3.63, 3.8) is 0 Å². The molecule has 2 saturated heterocycles. The number of nitrogens with zero attached hydrogens (tertiary/aromatic N) is 6. The van der Waals surface area contributed by atoms with E-state index in [1.165, 1.54) is 0 Å². The summed E-state index contributed by atoms with van der Waals surface area (Å²) in [4.78, 5) is 46.3. The molecule has 50 heavy (non-hydrogen) atoms. The second-order valence-corrected chi connectivity index (χ2v) is 13.5. The van der Waals surface area contributed by atoms with Crippen LogP contribution in [-0.2, 0) is 22.7 Å².